The number of likely N-dealkylation sites (tertiary alicyclic amines) is 1. The summed E-state index contributed by atoms with van der Waals surface area (Å²) in [5.74, 6) is -1.38. The Balaban J connectivity index is 1.74. The SMILES string of the molecule is CC(CN1C(=O)C2C3C=CC(O3)C2C1=O)NC(=O)O. The van der Waals surface area contributed by atoms with Gasteiger partial charge in [-0.1, -0.05) is 12.2 Å². The van der Waals surface area contributed by atoms with Crippen LogP contribution in [0.4, 0.5) is 4.79 Å². The number of nitrogens with one attached hydrogen (secondary N) is 1. The number of amides is 3. The second-order valence-corrected chi connectivity index (χ2v) is 5.14. The molecule has 2 fully saturated rings. The predicted octanol–water partition coefficient (Wildman–Crippen LogP) is -0.419. The fourth-order valence-corrected chi connectivity index (χ4v) is 3.08. The summed E-state index contributed by atoms with van der Waals surface area (Å²) in [4.78, 5) is 36.1. The van der Waals surface area contributed by atoms with Crippen molar-refractivity contribution in [3.63, 3.8) is 0 Å². The van der Waals surface area contributed by atoms with E-state index in [0.29, 0.717) is 0 Å². The van der Waals surface area contributed by atoms with Crippen LogP contribution in [0.25, 0.3) is 0 Å². The van der Waals surface area contributed by atoms with Crippen LogP contribution in [0, 0.1) is 11.8 Å². The first kappa shape index (κ1) is 12.2. The fourth-order valence-electron chi connectivity index (χ4n) is 3.08. The van der Waals surface area contributed by atoms with Gasteiger partial charge in [-0.25, -0.2) is 4.79 Å². The number of carbonyl (C=O) groups is 3. The van der Waals surface area contributed by atoms with Crippen LogP contribution in [0.15, 0.2) is 12.2 Å². The third kappa shape index (κ3) is 1.73. The minimum absolute atomic E-state index is 0.0659. The van der Waals surface area contributed by atoms with Gasteiger partial charge in [-0.05, 0) is 6.92 Å². The van der Waals surface area contributed by atoms with Crippen molar-refractivity contribution >= 4 is 17.9 Å². The fraction of sp³-hybridized carbons (Fsp3) is 0.583. The van der Waals surface area contributed by atoms with Crippen molar-refractivity contribution in [3.8, 4) is 0 Å². The maximum atomic E-state index is 12.2. The first-order chi connectivity index (χ1) is 8.99. The smallest absolute Gasteiger partial charge is 0.404 e. The first-order valence-electron chi connectivity index (χ1n) is 6.17. The highest BCUT2D eigenvalue weighted by Crippen LogP contribution is 2.44. The summed E-state index contributed by atoms with van der Waals surface area (Å²) in [5.41, 5.74) is 0. The van der Waals surface area contributed by atoms with Crippen LogP contribution < -0.4 is 5.32 Å². The molecule has 3 heterocycles. The zero-order valence-electron chi connectivity index (χ0n) is 10.3. The molecule has 5 unspecified atom stereocenters. The Labute approximate surface area is 109 Å². The molecule has 2 saturated heterocycles. The third-order valence-electron chi connectivity index (χ3n) is 3.83. The number of hydrogen-bond donors (Lipinski definition) is 2. The molecule has 0 aromatic heterocycles. The first-order valence-corrected chi connectivity index (χ1v) is 6.17. The van der Waals surface area contributed by atoms with E-state index in [2.05, 4.69) is 5.32 Å². The monoisotopic (exact) mass is 266 g/mol. The van der Waals surface area contributed by atoms with Crippen LogP contribution in [0.3, 0.4) is 0 Å². The lowest BCUT2D eigenvalue weighted by molar-refractivity contribution is -0.142. The van der Waals surface area contributed by atoms with Crippen LogP contribution in [-0.2, 0) is 14.3 Å². The number of hydrogen-bond acceptors (Lipinski definition) is 4. The summed E-state index contributed by atoms with van der Waals surface area (Å²) in [6.07, 6.45) is 1.86. The van der Waals surface area contributed by atoms with E-state index < -0.39 is 24.0 Å². The lowest BCUT2D eigenvalue weighted by Crippen LogP contribution is -2.45. The van der Waals surface area contributed by atoms with Gasteiger partial charge in [-0.3, -0.25) is 14.5 Å². The van der Waals surface area contributed by atoms with Gasteiger partial charge in [0.05, 0.1) is 24.0 Å². The minimum Gasteiger partial charge on any atom is -0.465 e. The molecule has 7 nitrogen and oxygen atoms in total. The van der Waals surface area contributed by atoms with Crippen LogP contribution in [0.2, 0.25) is 0 Å². The van der Waals surface area contributed by atoms with Gasteiger partial charge in [-0.15, -0.1) is 0 Å². The zero-order chi connectivity index (χ0) is 13.7. The third-order valence-corrected chi connectivity index (χ3v) is 3.83. The van der Waals surface area contributed by atoms with Crippen molar-refractivity contribution in [1.82, 2.24) is 10.2 Å². The Morgan fingerprint density at radius 3 is 2.37 bits per heavy atom. The van der Waals surface area contributed by atoms with Gasteiger partial charge in [0.2, 0.25) is 11.8 Å². The van der Waals surface area contributed by atoms with Crippen LogP contribution in [0.1, 0.15) is 6.92 Å². The van der Waals surface area contributed by atoms with Crippen LogP contribution >= 0.6 is 0 Å². The molecular formula is C12H14N2O5. The van der Waals surface area contributed by atoms with E-state index in [4.69, 9.17) is 9.84 Å². The van der Waals surface area contributed by atoms with Crippen molar-refractivity contribution in [2.45, 2.75) is 25.2 Å². The van der Waals surface area contributed by atoms with Gasteiger partial charge in [0.25, 0.3) is 0 Å². The molecule has 0 saturated carbocycles. The molecule has 5 atom stereocenters. The van der Waals surface area contributed by atoms with E-state index in [1.807, 2.05) is 12.2 Å². The predicted molar refractivity (Wildman–Crippen MR) is 62.1 cm³/mol. The van der Waals surface area contributed by atoms with Gasteiger partial charge in [0.1, 0.15) is 0 Å². The normalized spacial score (nSPS) is 36.8. The van der Waals surface area contributed by atoms with E-state index in [0.717, 1.165) is 4.90 Å². The number of rotatable bonds is 3. The van der Waals surface area contributed by atoms with Crippen LogP contribution in [-0.4, -0.2) is 52.7 Å². The number of imide groups is 1. The minimum atomic E-state index is -1.17. The van der Waals surface area contributed by atoms with Gasteiger partial charge >= 0.3 is 6.09 Å². The van der Waals surface area contributed by atoms with E-state index in [-0.39, 0.29) is 30.6 Å². The molecule has 0 aromatic carbocycles. The second kappa shape index (κ2) is 4.06. The topological polar surface area (TPSA) is 95.9 Å². The summed E-state index contributed by atoms with van der Waals surface area (Å²) >= 11 is 0. The van der Waals surface area contributed by atoms with Crippen LogP contribution in [0.5, 0.6) is 0 Å². The second-order valence-electron chi connectivity index (χ2n) is 5.14. The summed E-state index contributed by atoms with van der Waals surface area (Å²) in [6, 6.07) is -0.490. The quantitative estimate of drug-likeness (QED) is 0.534. The molecule has 7 heteroatoms. The van der Waals surface area contributed by atoms with Gasteiger partial charge in [0, 0.05) is 12.6 Å². The Morgan fingerprint density at radius 2 is 1.89 bits per heavy atom. The molecule has 0 aliphatic carbocycles. The van der Waals surface area contributed by atoms with Crippen molar-refractivity contribution in [3.05, 3.63) is 12.2 Å². The maximum absolute atomic E-state index is 12.2. The molecule has 2 N–H and O–H groups in total. The molecular weight excluding hydrogens is 252 g/mol. The average Bonchev–Trinajstić information content (AvgIpc) is 2.97. The average molecular weight is 266 g/mol. The highest BCUT2D eigenvalue weighted by molar-refractivity contribution is 6.06. The summed E-state index contributed by atoms with van der Waals surface area (Å²) in [7, 11) is 0. The lowest BCUT2D eigenvalue weighted by Gasteiger charge is -2.21. The summed E-state index contributed by atoms with van der Waals surface area (Å²) in [5, 5.41) is 10.9. The molecule has 2 bridgehead atoms. The molecule has 0 radical (unpaired) electrons. The lowest BCUT2D eigenvalue weighted by atomic mass is 9.85. The zero-order valence-corrected chi connectivity index (χ0v) is 10.3. The molecule has 0 aromatic rings. The maximum Gasteiger partial charge on any atom is 0.404 e. The van der Waals surface area contributed by atoms with Crippen molar-refractivity contribution in [2.24, 2.45) is 11.8 Å². The molecule has 3 rings (SSSR count). The number of carbonyl (C=O) groups excluding carboxylic acids is 2. The largest absolute Gasteiger partial charge is 0.465 e. The summed E-state index contributed by atoms with van der Waals surface area (Å²) in [6.45, 7) is 1.68. The molecule has 3 aliphatic heterocycles. The molecule has 19 heavy (non-hydrogen) atoms. The van der Waals surface area contributed by atoms with E-state index >= 15 is 0 Å². The van der Waals surface area contributed by atoms with E-state index in [9.17, 15) is 14.4 Å². The van der Waals surface area contributed by atoms with Gasteiger partial charge in [0.15, 0.2) is 0 Å². The Morgan fingerprint density at radius 1 is 1.37 bits per heavy atom. The van der Waals surface area contributed by atoms with Crippen molar-refractivity contribution in [1.29, 1.82) is 0 Å². The highest BCUT2D eigenvalue weighted by atomic mass is 16.5. The number of nitrogens with zero attached hydrogens (tertiary/aromatic N) is 1. The van der Waals surface area contributed by atoms with Gasteiger partial charge in [-0.2, -0.15) is 0 Å². The van der Waals surface area contributed by atoms with Crippen molar-refractivity contribution < 1.29 is 24.2 Å². The Kier molecular flexibility index (Phi) is 2.60. The number of carboxylic acid groups (broad SMARTS) is 1. The standard InChI is InChI=1S/C12H14N2O5/c1-5(13-12(17)18)4-14-10(15)8-6-2-3-7(19-6)9(8)11(14)16/h2-3,5-9,13H,4H2,1H3,(H,17,18). The number of fused-ring (bicyclic) bond motifs is 5. The Bertz CT molecular complexity index is 459. The molecule has 0 spiro atoms. The summed E-state index contributed by atoms with van der Waals surface area (Å²) < 4.78 is 5.51. The molecule has 3 amide bonds. The van der Waals surface area contributed by atoms with Gasteiger partial charge < -0.3 is 15.2 Å². The van der Waals surface area contributed by atoms with E-state index in [1.165, 1.54) is 0 Å². The molecule has 102 valence electrons. The Hall–Kier alpha value is -1.89. The number of ether oxygens (including phenoxy) is 1. The van der Waals surface area contributed by atoms with E-state index in [1.54, 1.807) is 6.92 Å². The highest BCUT2D eigenvalue weighted by Gasteiger charge is 2.60. The molecule has 3 aliphatic rings. The van der Waals surface area contributed by atoms with Crippen molar-refractivity contribution in [2.75, 3.05) is 6.54 Å².